The van der Waals surface area contributed by atoms with Crippen LogP contribution in [0.1, 0.15) is 0 Å². The summed E-state index contributed by atoms with van der Waals surface area (Å²) in [4.78, 5) is 35.7. The Balaban J connectivity index is 3.73. The Morgan fingerprint density at radius 2 is 0.857 bits per heavy atom. The van der Waals surface area contributed by atoms with Gasteiger partial charge in [0.25, 0.3) is 0 Å². The van der Waals surface area contributed by atoms with Crippen molar-refractivity contribution in [2.45, 2.75) is 19.6 Å². The van der Waals surface area contributed by atoms with Gasteiger partial charge in [-0.3, -0.25) is 0 Å². The quantitative estimate of drug-likeness (QED) is 0.774. The average Bonchev–Trinajstić information content (AvgIpc) is 2.35. The first kappa shape index (κ1) is 16.5. The van der Waals surface area contributed by atoms with Gasteiger partial charge in [0.15, 0.2) is 0 Å². The maximum Gasteiger partial charge on any atom is 0.337 e. The maximum absolute atomic E-state index is 12.9. The third kappa shape index (κ3) is 3.71. The van der Waals surface area contributed by atoms with Gasteiger partial charge in [-0.15, -0.1) is 0 Å². The van der Waals surface area contributed by atoms with Crippen molar-refractivity contribution in [3.05, 3.63) is 68.7 Å². The predicted octanol–water partition coefficient (Wildman–Crippen LogP) is 0.621. The van der Waals surface area contributed by atoms with Crippen LogP contribution in [0.4, 0.5) is 13.2 Å². The number of halogens is 3. The van der Waals surface area contributed by atoms with Gasteiger partial charge in [-0.05, 0) is 0 Å². The number of hydrogen-bond donors (Lipinski definition) is 0. The van der Waals surface area contributed by atoms with Gasteiger partial charge in [0, 0.05) is 0 Å². The highest BCUT2D eigenvalue weighted by Crippen LogP contribution is 1.96. The average molecular weight is 303 g/mol. The molecule has 1 aromatic heterocycles. The molecule has 6 nitrogen and oxygen atoms in total. The lowest BCUT2D eigenvalue weighted by atomic mass is 10.5. The topological polar surface area (TPSA) is 66.0 Å². The molecule has 1 aromatic rings. The third-order valence-corrected chi connectivity index (χ3v) is 2.37. The monoisotopic (exact) mass is 303 g/mol. The van der Waals surface area contributed by atoms with Gasteiger partial charge in [-0.25, -0.2) is 41.3 Å². The zero-order chi connectivity index (χ0) is 16.3. The Labute approximate surface area is 116 Å². The summed E-state index contributed by atoms with van der Waals surface area (Å²) >= 11 is 0. The van der Waals surface area contributed by atoms with E-state index in [4.69, 9.17) is 0 Å². The van der Waals surface area contributed by atoms with E-state index in [0.717, 1.165) is 0 Å². The van der Waals surface area contributed by atoms with E-state index in [-0.39, 0.29) is 0 Å². The number of rotatable bonds is 6. The van der Waals surface area contributed by atoms with E-state index in [0.29, 0.717) is 13.7 Å². The molecule has 0 aliphatic rings. The van der Waals surface area contributed by atoms with Gasteiger partial charge in [-0.2, -0.15) is 0 Å². The molecule has 0 spiro atoms. The molecule has 0 atom stereocenters. The summed E-state index contributed by atoms with van der Waals surface area (Å²) in [5, 5.41) is 0. The second-order valence-electron chi connectivity index (χ2n) is 4.16. The van der Waals surface area contributed by atoms with Gasteiger partial charge >= 0.3 is 17.1 Å². The Morgan fingerprint density at radius 3 is 1.00 bits per heavy atom. The Morgan fingerprint density at radius 1 is 0.667 bits per heavy atom. The predicted molar refractivity (Wildman–Crippen MR) is 70.0 cm³/mol. The lowest BCUT2D eigenvalue weighted by molar-refractivity contribution is 0.425. The number of aromatic nitrogens is 3. The molecule has 0 unspecified atom stereocenters. The van der Waals surface area contributed by atoms with Crippen molar-refractivity contribution in [3.8, 4) is 0 Å². The van der Waals surface area contributed by atoms with Gasteiger partial charge in [-0.1, -0.05) is 19.7 Å². The van der Waals surface area contributed by atoms with Crippen LogP contribution in [0.5, 0.6) is 0 Å². The van der Waals surface area contributed by atoms with E-state index in [1.54, 1.807) is 0 Å². The van der Waals surface area contributed by atoms with Crippen LogP contribution < -0.4 is 17.1 Å². The van der Waals surface area contributed by atoms with Crippen molar-refractivity contribution in [1.82, 2.24) is 13.7 Å². The number of hydrogen-bond acceptors (Lipinski definition) is 3. The zero-order valence-corrected chi connectivity index (χ0v) is 10.9. The first-order valence-electron chi connectivity index (χ1n) is 5.59. The molecule has 0 radical (unpaired) electrons. The van der Waals surface area contributed by atoms with Crippen molar-refractivity contribution >= 4 is 0 Å². The molecule has 0 fully saturated rings. The summed E-state index contributed by atoms with van der Waals surface area (Å²) in [6.45, 7) is 6.16. The molecule has 9 heteroatoms. The van der Waals surface area contributed by atoms with Crippen LogP contribution >= 0.6 is 0 Å². The van der Waals surface area contributed by atoms with Crippen molar-refractivity contribution in [3.63, 3.8) is 0 Å². The highest BCUT2D eigenvalue weighted by molar-refractivity contribution is 4.92. The molecule has 114 valence electrons. The summed E-state index contributed by atoms with van der Waals surface area (Å²) in [5.74, 6) is -3.11. The van der Waals surface area contributed by atoms with Crippen LogP contribution in [-0.2, 0) is 19.6 Å². The molecule has 0 aliphatic carbocycles. The first-order chi connectivity index (χ1) is 9.65. The molecule has 0 aromatic carbocycles. The molecule has 0 saturated heterocycles. The fraction of sp³-hybridized carbons (Fsp3) is 0.250. The van der Waals surface area contributed by atoms with Crippen LogP contribution in [0.25, 0.3) is 0 Å². The van der Waals surface area contributed by atoms with Gasteiger partial charge < -0.3 is 0 Å². The highest BCUT2D eigenvalue weighted by atomic mass is 19.1. The van der Waals surface area contributed by atoms with Crippen LogP contribution in [-0.4, -0.2) is 13.7 Å². The Hall–Kier alpha value is -2.58. The molecule has 1 rings (SSSR count). The third-order valence-electron chi connectivity index (χ3n) is 2.37. The molecular formula is C12H12F3N3O3. The fourth-order valence-electron chi connectivity index (χ4n) is 1.60. The smallest absolute Gasteiger partial charge is 0.247 e. The summed E-state index contributed by atoms with van der Waals surface area (Å²) < 4.78 is 39.5. The normalized spacial score (nSPS) is 10.4. The van der Waals surface area contributed by atoms with Crippen molar-refractivity contribution in [1.29, 1.82) is 0 Å². The standard InChI is InChI=1S/C12H12F3N3O3/c1-7(13)4-16-10(19)17(5-8(2)14)12(21)18(11(16)20)6-9(3)15/h1-6H2. The Kier molecular flexibility index (Phi) is 4.90. The highest BCUT2D eigenvalue weighted by Gasteiger charge is 2.17. The van der Waals surface area contributed by atoms with Crippen molar-refractivity contribution in [2.75, 3.05) is 0 Å². The molecule has 21 heavy (non-hydrogen) atoms. The van der Waals surface area contributed by atoms with E-state index < -0.39 is 54.2 Å². The molecule has 1 heterocycles. The van der Waals surface area contributed by atoms with E-state index in [1.807, 2.05) is 0 Å². The molecule has 0 aliphatic heterocycles. The minimum atomic E-state index is -1.25. The first-order valence-corrected chi connectivity index (χ1v) is 5.59. The largest absolute Gasteiger partial charge is 0.337 e. The zero-order valence-electron chi connectivity index (χ0n) is 10.9. The summed E-state index contributed by atoms with van der Waals surface area (Å²) in [7, 11) is 0. The minimum Gasteiger partial charge on any atom is -0.247 e. The van der Waals surface area contributed by atoms with Gasteiger partial charge in [0.2, 0.25) is 0 Å². The lowest BCUT2D eigenvalue weighted by Crippen LogP contribution is -2.54. The molecule has 0 amide bonds. The summed E-state index contributed by atoms with van der Waals surface area (Å²) in [6.07, 6.45) is 0. The van der Waals surface area contributed by atoms with Crippen molar-refractivity contribution < 1.29 is 13.2 Å². The van der Waals surface area contributed by atoms with Crippen LogP contribution in [0, 0.1) is 0 Å². The Bertz CT molecular complexity index is 651. The second-order valence-corrected chi connectivity index (χ2v) is 4.16. The maximum atomic E-state index is 12.9. The fourth-order valence-corrected chi connectivity index (χ4v) is 1.60. The lowest BCUT2D eigenvalue weighted by Gasteiger charge is -2.12. The van der Waals surface area contributed by atoms with Gasteiger partial charge in [0.05, 0.1) is 19.6 Å². The molecule has 0 saturated carbocycles. The van der Waals surface area contributed by atoms with E-state index in [1.165, 1.54) is 0 Å². The summed E-state index contributed by atoms with van der Waals surface area (Å²) in [6, 6.07) is 0. The van der Waals surface area contributed by atoms with Gasteiger partial charge in [0.1, 0.15) is 17.5 Å². The number of nitrogens with zero attached hydrogens (tertiary/aromatic N) is 3. The van der Waals surface area contributed by atoms with Crippen LogP contribution in [0.15, 0.2) is 51.6 Å². The van der Waals surface area contributed by atoms with E-state index in [9.17, 15) is 27.6 Å². The minimum absolute atomic E-state index is 0.301. The number of allylic oxidation sites excluding steroid dienone is 3. The summed E-state index contributed by atoms with van der Waals surface area (Å²) in [5.41, 5.74) is -3.74. The molecule has 0 bridgehead atoms. The SMILES string of the molecule is C=C(F)Cn1c(=O)n(CC(=C)F)c(=O)n(CC(=C)F)c1=O. The van der Waals surface area contributed by atoms with E-state index >= 15 is 0 Å². The van der Waals surface area contributed by atoms with Crippen LogP contribution in [0.2, 0.25) is 0 Å². The van der Waals surface area contributed by atoms with Crippen molar-refractivity contribution in [2.24, 2.45) is 0 Å². The second kappa shape index (κ2) is 6.25. The van der Waals surface area contributed by atoms with E-state index in [2.05, 4.69) is 19.7 Å². The van der Waals surface area contributed by atoms with Crippen LogP contribution in [0.3, 0.4) is 0 Å². The molecular weight excluding hydrogens is 291 g/mol. The molecule has 0 N–H and O–H groups in total.